The van der Waals surface area contributed by atoms with E-state index in [2.05, 4.69) is 34.1 Å². The van der Waals surface area contributed by atoms with Gasteiger partial charge >= 0.3 is 0 Å². The van der Waals surface area contributed by atoms with Gasteiger partial charge in [-0.1, -0.05) is 40.2 Å². The second-order valence-corrected chi connectivity index (χ2v) is 3.86. The minimum absolute atomic E-state index is 1.08. The van der Waals surface area contributed by atoms with Crippen molar-refractivity contribution in [2.45, 2.75) is 0 Å². The maximum Gasteiger partial charge on any atom is 0.0974 e. The molecule has 0 amide bonds. The number of halogens is 1. The molecule has 0 aliphatic carbocycles. The number of rotatable bonds is 2. The first-order chi connectivity index (χ1) is 6.84. The Bertz CT molecular complexity index is 412. The lowest BCUT2D eigenvalue weighted by molar-refractivity contribution is 0.567. The van der Waals surface area contributed by atoms with Crippen LogP contribution in [0.4, 0.5) is 0 Å². The molecule has 1 heterocycles. The third-order valence-corrected chi connectivity index (χ3v) is 2.41. The number of hydrogen-bond acceptors (Lipinski definition) is 1. The van der Waals surface area contributed by atoms with Gasteiger partial charge < -0.3 is 4.42 Å². The highest BCUT2D eigenvalue weighted by molar-refractivity contribution is 9.10. The van der Waals surface area contributed by atoms with E-state index in [0.29, 0.717) is 0 Å². The van der Waals surface area contributed by atoms with E-state index in [1.54, 1.807) is 12.5 Å². The second kappa shape index (κ2) is 4.29. The Morgan fingerprint density at radius 1 is 0.929 bits per heavy atom. The number of benzene rings is 1. The largest absolute Gasteiger partial charge is 0.472 e. The average molecular weight is 249 g/mol. The lowest BCUT2D eigenvalue weighted by Gasteiger charge is -1.92. The molecule has 2 rings (SSSR count). The lowest BCUT2D eigenvalue weighted by Crippen LogP contribution is -1.70. The summed E-state index contributed by atoms with van der Waals surface area (Å²) in [4.78, 5) is 0. The fourth-order valence-corrected chi connectivity index (χ4v) is 1.40. The van der Waals surface area contributed by atoms with Crippen molar-refractivity contribution < 1.29 is 4.42 Å². The summed E-state index contributed by atoms with van der Waals surface area (Å²) in [6.07, 6.45) is 7.46. The van der Waals surface area contributed by atoms with Crippen molar-refractivity contribution in [3.63, 3.8) is 0 Å². The van der Waals surface area contributed by atoms with Crippen LogP contribution in [0.15, 0.2) is 51.7 Å². The Kier molecular flexibility index (Phi) is 2.84. The molecule has 2 aromatic rings. The Balaban J connectivity index is 2.15. The molecule has 0 atom stereocenters. The van der Waals surface area contributed by atoms with Crippen LogP contribution in [0.1, 0.15) is 11.1 Å². The molecule has 0 aliphatic heterocycles. The van der Waals surface area contributed by atoms with Crippen molar-refractivity contribution >= 4 is 28.1 Å². The zero-order valence-corrected chi connectivity index (χ0v) is 9.07. The third kappa shape index (κ3) is 2.36. The van der Waals surface area contributed by atoms with Gasteiger partial charge in [-0.2, -0.15) is 0 Å². The Morgan fingerprint density at radius 3 is 2.29 bits per heavy atom. The van der Waals surface area contributed by atoms with Crippen LogP contribution in [0.3, 0.4) is 0 Å². The Morgan fingerprint density at radius 2 is 1.64 bits per heavy atom. The zero-order valence-electron chi connectivity index (χ0n) is 7.48. The van der Waals surface area contributed by atoms with Crippen LogP contribution in [0.2, 0.25) is 0 Å². The molecule has 0 saturated heterocycles. The first-order valence-electron chi connectivity index (χ1n) is 4.30. The molecule has 70 valence electrons. The van der Waals surface area contributed by atoms with Crippen LogP contribution in [0.25, 0.3) is 12.2 Å². The van der Waals surface area contributed by atoms with Crippen molar-refractivity contribution in [2.75, 3.05) is 0 Å². The molecule has 0 spiro atoms. The fourth-order valence-electron chi connectivity index (χ4n) is 1.14. The van der Waals surface area contributed by atoms with Gasteiger partial charge in [0.2, 0.25) is 0 Å². The van der Waals surface area contributed by atoms with E-state index in [0.717, 1.165) is 10.0 Å². The summed E-state index contributed by atoms with van der Waals surface area (Å²) in [6.45, 7) is 0. The smallest absolute Gasteiger partial charge is 0.0974 e. The molecular formula is C12H9BrO. The highest BCUT2D eigenvalue weighted by atomic mass is 79.9. The van der Waals surface area contributed by atoms with Crippen LogP contribution < -0.4 is 0 Å². The fraction of sp³-hybridized carbons (Fsp3) is 0. The van der Waals surface area contributed by atoms with Crippen molar-refractivity contribution in [3.8, 4) is 0 Å². The molecule has 14 heavy (non-hydrogen) atoms. The van der Waals surface area contributed by atoms with Gasteiger partial charge in [0, 0.05) is 10.0 Å². The summed E-state index contributed by atoms with van der Waals surface area (Å²) in [5.74, 6) is 0. The van der Waals surface area contributed by atoms with E-state index in [9.17, 15) is 0 Å². The van der Waals surface area contributed by atoms with Gasteiger partial charge in [-0.15, -0.1) is 0 Å². The molecule has 0 fully saturated rings. The summed E-state index contributed by atoms with van der Waals surface area (Å²) in [5, 5.41) is 0. The van der Waals surface area contributed by atoms with E-state index >= 15 is 0 Å². The second-order valence-electron chi connectivity index (χ2n) is 2.94. The molecule has 0 bridgehead atoms. The highest BCUT2D eigenvalue weighted by Crippen LogP contribution is 2.13. The minimum atomic E-state index is 1.08. The minimum Gasteiger partial charge on any atom is -0.472 e. The van der Waals surface area contributed by atoms with Crippen LogP contribution >= 0.6 is 15.9 Å². The molecule has 1 aromatic heterocycles. The average Bonchev–Trinajstić information content (AvgIpc) is 2.70. The van der Waals surface area contributed by atoms with Gasteiger partial charge in [-0.05, 0) is 23.8 Å². The SMILES string of the molecule is Brc1ccc(/C=C/c2ccoc2)cc1. The Labute approximate surface area is 91.2 Å². The van der Waals surface area contributed by atoms with Crippen molar-refractivity contribution in [2.24, 2.45) is 0 Å². The predicted molar refractivity (Wildman–Crippen MR) is 61.8 cm³/mol. The van der Waals surface area contributed by atoms with Gasteiger partial charge in [-0.3, -0.25) is 0 Å². The van der Waals surface area contributed by atoms with E-state index in [1.165, 1.54) is 5.56 Å². The summed E-state index contributed by atoms with van der Waals surface area (Å²) in [5.41, 5.74) is 2.25. The first-order valence-corrected chi connectivity index (χ1v) is 5.10. The maximum atomic E-state index is 4.96. The lowest BCUT2D eigenvalue weighted by atomic mass is 10.2. The molecule has 1 aromatic carbocycles. The standard InChI is InChI=1S/C12H9BrO/c13-12-5-3-10(4-6-12)1-2-11-7-8-14-9-11/h1-9H/b2-1+. The first kappa shape index (κ1) is 9.28. The van der Waals surface area contributed by atoms with Gasteiger partial charge in [0.25, 0.3) is 0 Å². The molecular weight excluding hydrogens is 240 g/mol. The van der Waals surface area contributed by atoms with Crippen LogP contribution in [-0.4, -0.2) is 0 Å². The summed E-state index contributed by atoms with van der Waals surface area (Å²) < 4.78 is 6.06. The van der Waals surface area contributed by atoms with E-state index in [4.69, 9.17) is 4.42 Å². The number of furan rings is 1. The summed E-state index contributed by atoms with van der Waals surface area (Å²) in [7, 11) is 0. The van der Waals surface area contributed by atoms with Gasteiger partial charge in [-0.25, -0.2) is 0 Å². The monoisotopic (exact) mass is 248 g/mol. The molecule has 0 N–H and O–H groups in total. The van der Waals surface area contributed by atoms with Crippen LogP contribution in [-0.2, 0) is 0 Å². The summed E-state index contributed by atoms with van der Waals surface area (Å²) >= 11 is 3.40. The number of hydrogen-bond donors (Lipinski definition) is 0. The van der Waals surface area contributed by atoms with Crippen molar-refractivity contribution in [3.05, 3.63) is 58.5 Å². The molecule has 1 nitrogen and oxygen atoms in total. The van der Waals surface area contributed by atoms with Gasteiger partial charge in [0.15, 0.2) is 0 Å². The van der Waals surface area contributed by atoms with Crippen LogP contribution in [0.5, 0.6) is 0 Å². The highest BCUT2D eigenvalue weighted by Gasteiger charge is 1.89. The quantitative estimate of drug-likeness (QED) is 0.776. The van der Waals surface area contributed by atoms with E-state index in [-0.39, 0.29) is 0 Å². The Hall–Kier alpha value is -1.28. The summed E-state index contributed by atoms with van der Waals surface area (Å²) in [6, 6.07) is 10.1. The molecule has 0 aliphatic rings. The van der Waals surface area contributed by atoms with Gasteiger partial charge in [0.05, 0.1) is 12.5 Å². The molecule has 2 heteroatoms. The van der Waals surface area contributed by atoms with E-state index in [1.807, 2.05) is 24.3 Å². The van der Waals surface area contributed by atoms with Crippen molar-refractivity contribution in [1.82, 2.24) is 0 Å². The maximum absolute atomic E-state index is 4.96. The van der Waals surface area contributed by atoms with Crippen molar-refractivity contribution in [1.29, 1.82) is 0 Å². The molecule has 0 unspecified atom stereocenters. The topological polar surface area (TPSA) is 13.1 Å². The normalized spacial score (nSPS) is 10.9. The molecule has 0 saturated carbocycles. The third-order valence-electron chi connectivity index (χ3n) is 1.88. The predicted octanol–water partition coefficient (Wildman–Crippen LogP) is 4.21. The van der Waals surface area contributed by atoms with Gasteiger partial charge in [0.1, 0.15) is 0 Å². The van der Waals surface area contributed by atoms with Crippen LogP contribution in [0, 0.1) is 0 Å². The molecule has 0 radical (unpaired) electrons. The zero-order chi connectivity index (χ0) is 9.80. The van der Waals surface area contributed by atoms with E-state index < -0.39 is 0 Å².